The summed E-state index contributed by atoms with van der Waals surface area (Å²) >= 11 is 6.05. The summed E-state index contributed by atoms with van der Waals surface area (Å²) in [5, 5.41) is 3.80. The maximum absolute atomic E-state index is 6.05. The second kappa shape index (κ2) is 5.40. The van der Waals surface area contributed by atoms with E-state index in [0.29, 0.717) is 5.15 Å². The number of nitrogens with one attached hydrogen (secondary N) is 1. The molecule has 0 aliphatic heterocycles. The molecule has 0 amide bonds. The van der Waals surface area contributed by atoms with Crippen LogP contribution >= 0.6 is 11.6 Å². The van der Waals surface area contributed by atoms with E-state index in [1.165, 1.54) is 6.33 Å². The number of hydrogen-bond acceptors (Lipinski definition) is 4. The van der Waals surface area contributed by atoms with Crippen molar-refractivity contribution in [2.24, 2.45) is 0 Å². The van der Waals surface area contributed by atoms with Gasteiger partial charge in [-0.2, -0.15) is 0 Å². The lowest BCUT2D eigenvalue weighted by Crippen LogP contribution is -2.10. The molecule has 2 rings (SSSR count). The van der Waals surface area contributed by atoms with E-state index in [1.54, 1.807) is 0 Å². The zero-order valence-corrected chi connectivity index (χ0v) is 11.5. The lowest BCUT2D eigenvalue weighted by molar-refractivity contribution is 0.466. The van der Waals surface area contributed by atoms with Crippen LogP contribution in [-0.2, 0) is 6.42 Å². The van der Waals surface area contributed by atoms with Crippen molar-refractivity contribution < 1.29 is 4.42 Å². The molecule has 0 aliphatic rings. The van der Waals surface area contributed by atoms with E-state index in [2.05, 4.69) is 15.3 Å². The first kappa shape index (κ1) is 12.9. The van der Waals surface area contributed by atoms with Gasteiger partial charge in [0.15, 0.2) is 0 Å². The third-order valence-corrected chi connectivity index (χ3v) is 3.11. The normalized spacial score (nSPS) is 12.4. The maximum atomic E-state index is 6.05. The largest absolute Gasteiger partial charge is 0.464 e. The van der Waals surface area contributed by atoms with E-state index in [0.717, 1.165) is 29.3 Å². The Hall–Kier alpha value is -1.55. The number of aryl methyl sites for hydroxylation is 1. The van der Waals surface area contributed by atoms with Crippen LogP contribution < -0.4 is 5.32 Å². The van der Waals surface area contributed by atoms with Gasteiger partial charge in [-0.3, -0.25) is 0 Å². The Kier molecular flexibility index (Phi) is 3.87. The van der Waals surface area contributed by atoms with Gasteiger partial charge in [-0.1, -0.05) is 18.5 Å². The molecule has 0 aromatic carbocycles. The first-order valence-electron chi connectivity index (χ1n) is 5.94. The lowest BCUT2D eigenvalue weighted by atomic mass is 10.2. The molecule has 0 bridgehead atoms. The topological polar surface area (TPSA) is 51.0 Å². The SMILES string of the molecule is CCc1c(Cl)ncnc1NC(C)c1ccc(C)o1. The molecule has 2 aromatic heterocycles. The van der Waals surface area contributed by atoms with Crippen LogP contribution in [0.3, 0.4) is 0 Å². The molecule has 5 heteroatoms. The number of aromatic nitrogens is 2. The summed E-state index contributed by atoms with van der Waals surface area (Å²) in [5.74, 6) is 2.54. The van der Waals surface area contributed by atoms with Crippen molar-refractivity contribution in [1.29, 1.82) is 0 Å². The van der Waals surface area contributed by atoms with Gasteiger partial charge in [-0.15, -0.1) is 0 Å². The molecule has 18 heavy (non-hydrogen) atoms. The summed E-state index contributed by atoms with van der Waals surface area (Å²) in [5.41, 5.74) is 0.925. The molecule has 4 nitrogen and oxygen atoms in total. The Morgan fingerprint density at radius 2 is 2.17 bits per heavy atom. The van der Waals surface area contributed by atoms with Gasteiger partial charge in [0.1, 0.15) is 28.8 Å². The van der Waals surface area contributed by atoms with Crippen LogP contribution in [0.25, 0.3) is 0 Å². The second-order valence-electron chi connectivity index (χ2n) is 4.16. The van der Waals surface area contributed by atoms with Gasteiger partial charge in [0.2, 0.25) is 0 Å². The fourth-order valence-corrected chi connectivity index (χ4v) is 2.06. The molecule has 0 saturated heterocycles. The predicted octanol–water partition coefficient (Wildman–Crippen LogP) is 3.77. The van der Waals surface area contributed by atoms with E-state index >= 15 is 0 Å². The lowest BCUT2D eigenvalue weighted by Gasteiger charge is -2.15. The number of halogens is 1. The number of nitrogens with zero attached hydrogens (tertiary/aromatic N) is 2. The van der Waals surface area contributed by atoms with Gasteiger partial charge in [0.25, 0.3) is 0 Å². The summed E-state index contributed by atoms with van der Waals surface area (Å²) in [6.45, 7) is 5.97. The molecular formula is C13H16ClN3O. The standard InChI is InChI=1S/C13H16ClN3O/c1-4-10-12(14)15-7-16-13(10)17-9(3)11-6-5-8(2)18-11/h5-7,9H,4H2,1-3H3,(H,15,16,17). The highest BCUT2D eigenvalue weighted by Gasteiger charge is 2.14. The van der Waals surface area contributed by atoms with Crippen LogP contribution in [-0.4, -0.2) is 9.97 Å². The Bertz CT molecular complexity index is 539. The number of furan rings is 1. The summed E-state index contributed by atoms with van der Waals surface area (Å²) < 4.78 is 5.58. The van der Waals surface area contributed by atoms with Gasteiger partial charge >= 0.3 is 0 Å². The van der Waals surface area contributed by atoms with Crippen LogP contribution in [0.5, 0.6) is 0 Å². The Morgan fingerprint density at radius 3 is 2.78 bits per heavy atom. The molecule has 2 aromatic rings. The first-order valence-corrected chi connectivity index (χ1v) is 6.31. The average molecular weight is 266 g/mol. The van der Waals surface area contributed by atoms with Crippen molar-refractivity contribution in [2.75, 3.05) is 5.32 Å². The van der Waals surface area contributed by atoms with Crippen molar-refractivity contribution in [2.45, 2.75) is 33.2 Å². The highest BCUT2D eigenvalue weighted by molar-refractivity contribution is 6.30. The fraction of sp³-hybridized carbons (Fsp3) is 0.385. The molecule has 1 atom stereocenters. The minimum absolute atomic E-state index is 0.0370. The molecule has 0 saturated carbocycles. The number of rotatable bonds is 4. The van der Waals surface area contributed by atoms with Crippen LogP contribution in [0.4, 0.5) is 5.82 Å². The van der Waals surface area contributed by atoms with Crippen molar-refractivity contribution in [3.05, 3.63) is 40.7 Å². The summed E-state index contributed by atoms with van der Waals surface area (Å²) in [6, 6.07) is 3.94. The molecule has 0 spiro atoms. The van der Waals surface area contributed by atoms with E-state index in [-0.39, 0.29) is 6.04 Å². The molecule has 96 valence electrons. The Balaban J connectivity index is 2.21. The molecule has 1 unspecified atom stereocenters. The molecule has 2 heterocycles. The third-order valence-electron chi connectivity index (χ3n) is 2.79. The maximum Gasteiger partial charge on any atom is 0.137 e. The molecular weight excluding hydrogens is 250 g/mol. The smallest absolute Gasteiger partial charge is 0.137 e. The molecule has 0 radical (unpaired) electrons. The van der Waals surface area contributed by atoms with Gasteiger partial charge in [0, 0.05) is 5.56 Å². The number of hydrogen-bond donors (Lipinski definition) is 1. The summed E-state index contributed by atoms with van der Waals surface area (Å²) in [6.07, 6.45) is 2.25. The van der Waals surface area contributed by atoms with Gasteiger partial charge in [-0.05, 0) is 32.4 Å². The monoisotopic (exact) mass is 265 g/mol. The van der Waals surface area contributed by atoms with E-state index in [1.807, 2.05) is 32.9 Å². The van der Waals surface area contributed by atoms with Crippen LogP contribution in [0.2, 0.25) is 5.15 Å². The third kappa shape index (κ3) is 2.64. The highest BCUT2D eigenvalue weighted by atomic mass is 35.5. The minimum atomic E-state index is 0.0370. The zero-order chi connectivity index (χ0) is 13.1. The van der Waals surface area contributed by atoms with Crippen LogP contribution in [0.15, 0.2) is 22.9 Å². The molecule has 1 N–H and O–H groups in total. The summed E-state index contributed by atoms with van der Waals surface area (Å²) in [7, 11) is 0. The first-order chi connectivity index (χ1) is 8.61. The van der Waals surface area contributed by atoms with Crippen LogP contribution in [0.1, 0.15) is 37.0 Å². The van der Waals surface area contributed by atoms with Crippen LogP contribution in [0, 0.1) is 6.92 Å². The van der Waals surface area contributed by atoms with Crippen molar-refractivity contribution in [1.82, 2.24) is 9.97 Å². The predicted molar refractivity (Wildman–Crippen MR) is 71.9 cm³/mol. The van der Waals surface area contributed by atoms with Crippen molar-refractivity contribution in [3.8, 4) is 0 Å². The summed E-state index contributed by atoms with van der Waals surface area (Å²) in [4.78, 5) is 8.22. The Morgan fingerprint density at radius 1 is 1.39 bits per heavy atom. The van der Waals surface area contributed by atoms with Gasteiger partial charge < -0.3 is 9.73 Å². The molecule has 0 fully saturated rings. The van der Waals surface area contributed by atoms with E-state index in [9.17, 15) is 0 Å². The Labute approximate surface area is 111 Å². The van der Waals surface area contributed by atoms with E-state index in [4.69, 9.17) is 16.0 Å². The van der Waals surface area contributed by atoms with E-state index < -0.39 is 0 Å². The zero-order valence-electron chi connectivity index (χ0n) is 10.7. The molecule has 0 aliphatic carbocycles. The number of anilines is 1. The van der Waals surface area contributed by atoms with Crippen molar-refractivity contribution in [3.63, 3.8) is 0 Å². The fourth-order valence-electron chi connectivity index (χ4n) is 1.79. The second-order valence-corrected chi connectivity index (χ2v) is 4.52. The van der Waals surface area contributed by atoms with Crippen molar-refractivity contribution >= 4 is 17.4 Å². The van der Waals surface area contributed by atoms with Gasteiger partial charge in [-0.25, -0.2) is 9.97 Å². The van der Waals surface area contributed by atoms with Gasteiger partial charge in [0.05, 0.1) is 6.04 Å². The highest BCUT2D eigenvalue weighted by Crippen LogP contribution is 2.25. The average Bonchev–Trinajstić information content (AvgIpc) is 2.76. The quantitative estimate of drug-likeness (QED) is 0.855. The minimum Gasteiger partial charge on any atom is -0.464 e.